The van der Waals surface area contributed by atoms with Crippen LogP contribution >= 0.6 is 0 Å². The molecule has 0 atom stereocenters. The minimum atomic E-state index is 0.126. The number of anilines is 1. The predicted molar refractivity (Wildman–Crippen MR) is 64.8 cm³/mol. The molecule has 0 heterocycles. The highest BCUT2D eigenvalue weighted by Gasteiger charge is 2.22. The fraction of sp³-hybridized carbons (Fsp3) is 0.538. The summed E-state index contributed by atoms with van der Waals surface area (Å²) in [6.07, 6.45) is 2.72. The molecule has 16 heavy (non-hydrogen) atoms. The number of benzene rings is 1. The van der Waals surface area contributed by atoms with Crippen LogP contribution in [0.3, 0.4) is 0 Å². The van der Waals surface area contributed by atoms with Crippen molar-refractivity contribution >= 4 is 5.69 Å². The van der Waals surface area contributed by atoms with Gasteiger partial charge in [-0.2, -0.15) is 0 Å². The van der Waals surface area contributed by atoms with Gasteiger partial charge in [0.1, 0.15) is 11.5 Å². The minimum Gasteiger partial charge on any atom is -0.493 e. The van der Waals surface area contributed by atoms with Gasteiger partial charge in [-0.25, -0.2) is 0 Å². The van der Waals surface area contributed by atoms with Crippen LogP contribution < -0.4 is 15.2 Å². The minimum absolute atomic E-state index is 0.126. The van der Waals surface area contributed by atoms with E-state index in [0.29, 0.717) is 11.4 Å². The van der Waals surface area contributed by atoms with Crippen molar-refractivity contribution in [3.63, 3.8) is 0 Å². The molecule has 88 valence electrons. The van der Waals surface area contributed by atoms with E-state index >= 15 is 0 Å². The SMILES string of the molecule is CC(C)Oc1cc(OCC2CC2)ccc1N. The summed E-state index contributed by atoms with van der Waals surface area (Å²) < 4.78 is 11.3. The van der Waals surface area contributed by atoms with E-state index in [4.69, 9.17) is 15.2 Å². The average molecular weight is 221 g/mol. The molecule has 0 bridgehead atoms. The maximum Gasteiger partial charge on any atom is 0.146 e. The van der Waals surface area contributed by atoms with E-state index in [1.807, 2.05) is 32.0 Å². The highest BCUT2D eigenvalue weighted by molar-refractivity contribution is 5.55. The molecule has 1 aliphatic carbocycles. The summed E-state index contributed by atoms with van der Waals surface area (Å²) in [7, 11) is 0. The lowest BCUT2D eigenvalue weighted by molar-refractivity contribution is 0.241. The van der Waals surface area contributed by atoms with Crippen molar-refractivity contribution in [2.45, 2.75) is 32.8 Å². The quantitative estimate of drug-likeness (QED) is 0.777. The summed E-state index contributed by atoms with van der Waals surface area (Å²) in [5.41, 5.74) is 6.49. The third-order valence-electron chi connectivity index (χ3n) is 2.53. The summed E-state index contributed by atoms with van der Waals surface area (Å²) >= 11 is 0. The van der Waals surface area contributed by atoms with Crippen molar-refractivity contribution in [2.75, 3.05) is 12.3 Å². The Kier molecular flexibility index (Phi) is 3.22. The Bertz CT molecular complexity index is 359. The zero-order valence-corrected chi connectivity index (χ0v) is 9.90. The molecule has 3 nitrogen and oxygen atoms in total. The largest absolute Gasteiger partial charge is 0.493 e. The van der Waals surface area contributed by atoms with Crippen LogP contribution in [0.15, 0.2) is 18.2 Å². The average Bonchev–Trinajstić information content (AvgIpc) is 3.02. The lowest BCUT2D eigenvalue weighted by Gasteiger charge is -2.13. The van der Waals surface area contributed by atoms with Gasteiger partial charge in [0, 0.05) is 6.07 Å². The van der Waals surface area contributed by atoms with Crippen LogP contribution in [-0.2, 0) is 0 Å². The lowest BCUT2D eigenvalue weighted by atomic mass is 10.2. The number of rotatable bonds is 5. The molecule has 0 spiro atoms. The number of hydrogen-bond acceptors (Lipinski definition) is 3. The van der Waals surface area contributed by atoms with Crippen molar-refractivity contribution in [1.29, 1.82) is 0 Å². The van der Waals surface area contributed by atoms with Crippen LogP contribution in [0.5, 0.6) is 11.5 Å². The second-order valence-electron chi connectivity index (χ2n) is 4.62. The summed E-state index contributed by atoms with van der Waals surface area (Å²) in [5, 5.41) is 0. The van der Waals surface area contributed by atoms with Gasteiger partial charge in [0.25, 0.3) is 0 Å². The molecule has 2 N–H and O–H groups in total. The molecule has 1 aromatic rings. The molecule has 0 unspecified atom stereocenters. The Morgan fingerprint density at radius 1 is 1.38 bits per heavy atom. The van der Waals surface area contributed by atoms with Crippen molar-refractivity contribution in [3.05, 3.63) is 18.2 Å². The van der Waals surface area contributed by atoms with Crippen LogP contribution in [0.4, 0.5) is 5.69 Å². The Labute approximate surface area is 96.5 Å². The van der Waals surface area contributed by atoms with Crippen LogP contribution in [0.2, 0.25) is 0 Å². The van der Waals surface area contributed by atoms with E-state index in [1.54, 1.807) is 0 Å². The second-order valence-corrected chi connectivity index (χ2v) is 4.62. The highest BCUT2D eigenvalue weighted by atomic mass is 16.5. The summed E-state index contributed by atoms with van der Waals surface area (Å²) in [4.78, 5) is 0. The van der Waals surface area contributed by atoms with Gasteiger partial charge in [0.05, 0.1) is 18.4 Å². The number of nitrogens with two attached hydrogens (primary N) is 1. The van der Waals surface area contributed by atoms with Gasteiger partial charge in [0.2, 0.25) is 0 Å². The monoisotopic (exact) mass is 221 g/mol. The van der Waals surface area contributed by atoms with Crippen LogP contribution in [0.1, 0.15) is 26.7 Å². The molecule has 0 aliphatic heterocycles. The van der Waals surface area contributed by atoms with Gasteiger partial charge in [-0.15, -0.1) is 0 Å². The molecule has 0 radical (unpaired) electrons. The van der Waals surface area contributed by atoms with E-state index in [0.717, 1.165) is 18.3 Å². The molecule has 1 fully saturated rings. The first-order valence-corrected chi connectivity index (χ1v) is 5.84. The molecular formula is C13H19NO2. The fourth-order valence-electron chi connectivity index (χ4n) is 1.46. The third-order valence-corrected chi connectivity index (χ3v) is 2.53. The Morgan fingerprint density at radius 2 is 2.12 bits per heavy atom. The first kappa shape index (κ1) is 11.1. The van der Waals surface area contributed by atoms with Crippen LogP contribution in [0, 0.1) is 5.92 Å². The van der Waals surface area contributed by atoms with Crippen molar-refractivity contribution in [1.82, 2.24) is 0 Å². The number of hydrogen-bond donors (Lipinski definition) is 1. The zero-order chi connectivity index (χ0) is 11.5. The zero-order valence-electron chi connectivity index (χ0n) is 9.90. The topological polar surface area (TPSA) is 44.5 Å². The Hall–Kier alpha value is -1.38. The Morgan fingerprint density at radius 3 is 2.75 bits per heavy atom. The summed E-state index contributed by atoms with van der Waals surface area (Å²) in [5.74, 6) is 2.31. The van der Waals surface area contributed by atoms with Gasteiger partial charge in [0.15, 0.2) is 0 Å². The van der Waals surface area contributed by atoms with Gasteiger partial charge in [-0.05, 0) is 44.7 Å². The molecule has 2 rings (SSSR count). The molecule has 0 saturated heterocycles. The van der Waals surface area contributed by atoms with Gasteiger partial charge in [-0.3, -0.25) is 0 Å². The van der Waals surface area contributed by atoms with E-state index in [-0.39, 0.29) is 6.10 Å². The Balaban J connectivity index is 2.01. The van der Waals surface area contributed by atoms with Crippen molar-refractivity contribution in [3.8, 4) is 11.5 Å². The maximum absolute atomic E-state index is 5.83. The van der Waals surface area contributed by atoms with E-state index in [1.165, 1.54) is 12.8 Å². The molecule has 1 aromatic carbocycles. The van der Waals surface area contributed by atoms with Crippen LogP contribution in [0.25, 0.3) is 0 Å². The number of ether oxygens (including phenoxy) is 2. The maximum atomic E-state index is 5.83. The van der Waals surface area contributed by atoms with Gasteiger partial charge in [-0.1, -0.05) is 0 Å². The van der Waals surface area contributed by atoms with E-state index in [2.05, 4.69) is 0 Å². The first-order valence-electron chi connectivity index (χ1n) is 5.84. The standard InChI is InChI=1S/C13H19NO2/c1-9(2)16-13-7-11(5-6-12(13)14)15-8-10-3-4-10/h5-7,9-10H,3-4,8,14H2,1-2H3. The van der Waals surface area contributed by atoms with Gasteiger partial charge < -0.3 is 15.2 Å². The van der Waals surface area contributed by atoms with Gasteiger partial charge >= 0.3 is 0 Å². The molecule has 1 saturated carbocycles. The number of nitrogen functional groups attached to an aromatic ring is 1. The first-order chi connectivity index (χ1) is 7.65. The van der Waals surface area contributed by atoms with E-state index in [9.17, 15) is 0 Å². The van der Waals surface area contributed by atoms with E-state index < -0.39 is 0 Å². The predicted octanol–water partition coefficient (Wildman–Crippen LogP) is 2.84. The normalized spacial score (nSPS) is 15.2. The molecular weight excluding hydrogens is 202 g/mol. The summed E-state index contributed by atoms with van der Waals surface area (Å²) in [6.45, 7) is 4.78. The smallest absolute Gasteiger partial charge is 0.146 e. The lowest BCUT2D eigenvalue weighted by Crippen LogP contribution is -2.08. The van der Waals surface area contributed by atoms with Crippen molar-refractivity contribution in [2.24, 2.45) is 5.92 Å². The second kappa shape index (κ2) is 4.64. The van der Waals surface area contributed by atoms with Crippen molar-refractivity contribution < 1.29 is 9.47 Å². The molecule has 3 heteroatoms. The molecule has 0 amide bonds. The third kappa shape index (κ3) is 3.05. The summed E-state index contributed by atoms with van der Waals surface area (Å²) in [6, 6.07) is 5.60. The molecule has 0 aromatic heterocycles. The van der Waals surface area contributed by atoms with Crippen LogP contribution in [-0.4, -0.2) is 12.7 Å². The molecule has 1 aliphatic rings. The fourth-order valence-corrected chi connectivity index (χ4v) is 1.46. The highest BCUT2D eigenvalue weighted by Crippen LogP contribution is 2.32.